The molecule has 1 saturated heterocycles. The number of ether oxygens (including phenoxy) is 1. The highest BCUT2D eigenvalue weighted by Gasteiger charge is 2.10. The first-order valence-corrected chi connectivity index (χ1v) is 5.78. The summed E-state index contributed by atoms with van der Waals surface area (Å²) in [6, 6.07) is 0.343. The van der Waals surface area contributed by atoms with E-state index in [0.29, 0.717) is 6.04 Å². The van der Waals surface area contributed by atoms with Gasteiger partial charge in [0.15, 0.2) is 0 Å². The molecule has 0 aliphatic carbocycles. The molecule has 4 nitrogen and oxygen atoms in total. The zero-order chi connectivity index (χ0) is 13.3. The average molecular weight is 241 g/mol. The molecule has 17 heavy (non-hydrogen) atoms. The highest BCUT2D eigenvalue weighted by molar-refractivity contribution is 5.80. The van der Waals surface area contributed by atoms with Crippen molar-refractivity contribution in [1.82, 2.24) is 0 Å². The molecule has 4 heteroatoms. The van der Waals surface area contributed by atoms with Crippen LogP contribution in [0.3, 0.4) is 0 Å². The lowest BCUT2D eigenvalue weighted by Crippen LogP contribution is -2.41. The van der Waals surface area contributed by atoms with Crippen molar-refractivity contribution in [2.45, 2.75) is 39.7 Å². The van der Waals surface area contributed by atoms with Crippen LogP contribution in [0.5, 0.6) is 0 Å². The maximum Gasteiger partial charge on any atom is 0.328 e. The molecule has 1 heterocycles. The van der Waals surface area contributed by atoms with Crippen LogP contribution in [0.25, 0.3) is 0 Å². The zero-order valence-electron chi connectivity index (χ0n) is 10.9. The number of aliphatic carboxylic acids is 1. The second-order valence-electron chi connectivity index (χ2n) is 4.45. The monoisotopic (exact) mass is 241 g/mol. The van der Waals surface area contributed by atoms with Gasteiger partial charge >= 0.3 is 5.97 Å². The number of allylic oxidation sites excluding steroid dienone is 3. The summed E-state index contributed by atoms with van der Waals surface area (Å²) < 4.78 is 4.71. The molecule has 0 aromatic rings. The SMILES string of the molecule is CC(C)=CCC/C(C)=C\C(=O)O.NC1COC1. The van der Waals surface area contributed by atoms with Crippen LogP contribution in [0.1, 0.15) is 33.6 Å². The summed E-state index contributed by atoms with van der Waals surface area (Å²) in [6.07, 6.45) is 5.13. The molecule has 1 aliphatic heterocycles. The molecule has 1 aliphatic rings. The van der Waals surface area contributed by atoms with Crippen molar-refractivity contribution in [1.29, 1.82) is 0 Å². The second kappa shape index (κ2) is 8.96. The molecule has 0 saturated carbocycles. The molecule has 0 radical (unpaired) electrons. The van der Waals surface area contributed by atoms with Gasteiger partial charge in [0.1, 0.15) is 0 Å². The summed E-state index contributed by atoms with van der Waals surface area (Å²) in [4.78, 5) is 10.2. The third-order valence-electron chi connectivity index (χ3n) is 2.12. The predicted molar refractivity (Wildman–Crippen MR) is 68.9 cm³/mol. The van der Waals surface area contributed by atoms with Crippen LogP contribution < -0.4 is 5.73 Å². The van der Waals surface area contributed by atoms with Gasteiger partial charge < -0.3 is 15.6 Å². The average Bonchev–Trinajstić information content (AvgIpc) is 2.13. The predicted octanol–water partition coefficient (Wildman–Crippen LogP) is 2.11. The van der Waals surface area contributed by atoms with Crippen molar-refractivity contribution in [2.75, 3.05) is 13.2 Å². The van der Waals surface area contributed by atoms with Gasteiger partial charge in [-0.15, -0.1) is 0 Å². The Morgan fingerprint density at radius 2 is 1.94 bits per heavy atom. The van der Waals surface area contributed by atoms with Crippen molar-refractivity contribution in [3.63, 3.8) is 0 Å². The summed E-state index contributed by atoms with van der Waals surface area (Å²) in [7, 11) is 0. The van der Waals surface area contributed by atoms with Crippen molar-refractivity contribution >= 4 is 5.97 Å². The molecule has 1 rings (SSSR count). The van der Waals surface area contributed by atoms with Gasteiger partial charge in [0.25, 0.3) is 0 Å². The van der Waals surface area contributed by atoms with E-state index in [2.05, 4.69) is 6.08 Å². The maximum absolute atomic E-state index is 10.2. The zero-order valence-corrected chi connectivity index (χ0v) is 10.9. The number of rotatable bonds is 4. The van der Waals surface area contributed by atoms with Gasteiger partial charge in [-0.25, -0.2) is 4.79 Å². The van der Waals surface area contributed by atoms with Gasteiger partial charge in [0.2, 0.25) is 0 Å². The number of carboxylic acid groups (broad SMARTS) is 1. The quantitative estimate of drug-likeness (QED) is 0.584. The maximum atomic E-state index is 10.2. The molecule has 0 spiro atoms. The van der Waals surface area contributed by atoms with Gasteiger partial charge in [-0.3, -0.25) is 0 Å². The lowest BCUT2D eigenvalue weighted by atomic mass is 10.1. The Bertz CT molecular complexity index is 287. The van der Waals surface area contributed by atoms with Crippen molar-refractivity contribution in [2.24, 2.45) is 5.73 Å². The fourth-order valence-electron chi connectivity index (χ4n) is 1.13. The minimum atomic E-state index is -0.857. The lowest BCUT2D eigenvalue weighted by Gasteiger charge is -2.20. The Morgan fingerprint density at radius 3 is 2.24 bits per heavy atom. The third kappa shape index (κ3) is 11.1. The Kier molecular flexibility index (Phi) is 8.36. The van der Waals surface area contributed by atoms with E-state index in [4.69, 9.17) is 15.6 Å². The van der Waals surface area contributed by atoms with E-state index in [1.165, 1.54) is 11.6 Å². The number of hydrogen-bond donors (Lipinski definition) is 2. The minimum absolute atomic E-state index is 0.343. The van der Waals surface area contributed by atoms with Crippen LogP contribution >= 0.6 is 0 Å². The molecule has 1 fully saturated rings. The van der Waals surface area contributed by atoms with Crippen molar-refractivity contribution in [3.8, 4) is 0 Å². The number of carboxylic acids is 1. The fraction of sp³-hybridized carbons (Fsp3) is 0.615. The Hall–Kier alpha value is -1.13. The summed E-state index contributed by atoms with van der Waals surface area (Å²) >= 11 is 0. The smallest absolute Gasteiger partial charge is 0.328 e. The lowest BCUT2D eigenvalue weighted by molar-refractivity contribution is -0.131. The van der Waals surface area contributed by atoms with E-state index in [9.17, 15) is 4.79 Å². The fourth-order valence-corrected chi connectivity index (χ4v) is 1.13. The number of hydrogen-bond acceptors (Lipinski definition) is 3. The summed E-state index contributed by atoms with van der Waals surface area (Å²) in [5.74, 6) is -0.857. The van der Waals surface area contributed by atoms with Crippen LogP contribution in [-0.2, 0) is 9.53 Å². The largest absolute Gasteiger partial charge is 0.478 e. The van der Waals surface area contributed by atoms with E-state index in [0.717, 1.165) is 31.6 Å². The molecule has 0 aromatic carbocycles. The van der Waals surface area contributed by atoms with E-state index in [1.54, 1.807) is 0 Å². The molecule has 3 N–H and O–H groups in total. The summed E-state index contributed by atoms with van der Waals surface area (Å²) in [5, 5.41) is 8.40. The van der Waals surface area contributed by atoms with Crippen LogP contribution in [0.2, 0.25) is 0 Å². The van der Waals surface area contributed by atoms with Crippen molar-refractivity contribution < 1.29 is 14.6 Å². The molecule has 0 unspecified atom stereocenters. The molecule has 0 aromatic heterocycles. The Balaban J connectivity index is 0.000000419. The van der Waals surface area contributed by atoms with Crippen LogP contribution in [0.15, 0.2) is 23.3 Å². The molecule has 98 valence electrons. The topological polar surface area (TPSA) is 72.5 Å². The van der Waals surface area contributed by atoms with Gasteiger partial charge in [-0.1, -0.05) is 17.2 Å². The molecule has 0 atom stereocenters. The van der Waals surface area contributed by atoms with Gasteiger partial charge in [-0.2, -0.15) is 0 Å². The highest BCUT2D eigenvalue weighted by atomic mass is 16.5. The molecule has 0 amide bonds. The standard InChI is InChI=1S/C10H16O2.C3H7NO/c1-8(2)5-4-6-9(3)7-10(11)12;4-3-1-5-2-3/h5,7H,4,6H2,1-3H3,(H,11,12);3H,1-2,4H2/b9-7-;. The summed E-state index contributed by atoms with van der Waals surface area (Å²) in [5.41, 5.74) is 7.45. The molecular weight excluding hydrogens is 218 g/mol. The van der Waals surface area contributed by atoms with E-state index < -0.39 is 5.97 Å². The first kappa shape index (κ1) is 15.9. The van der Waals surface area contributed by atoms with Crippen molar-refractivity contribution in [3.05, 3.63) is 23.3 Å². The minimum Gasteiger partial charge on any atom is -0.478 e. The first-order valence-electron chi connectivity index (χ1n) is 5.78. The Morgan fingerprint density at radius 1 is 1.41 bits per heavy atom. The van der Waals surface area contributed by atoms with Crippen LogP contribution in [-0.4, -0.2) is 30.3 Å². The highest BCUT2D eigenvalue weighted by Crippen LogP contribution is 2.05. The van der Waals surface area contributed by atoms with Gasteiger partial charge in [-0.05, 0) is 33.6 Å². The van der Waals surface area contributed by atoms with E-state index >= 15 is 0 Å². The molecule has 0 bridgehead atoms. The molecular formula is C13H23NO3. The van der Waals surface area contributed by atoms with Crippen LogP contribution in [0.4, 0.5) is 0 Å². The van der Waals surface area contributed by atoms with Gasteiger partial charge in [0.05, 0.1) is 19.3 Å². The Labute approximate surface area is 103 Å². The number of carbonyl (C=O) groups is 1. The van der Waals surface area contributed by atoms with E-state index in [-0.39, 0.29) is 0 Å². The second-order valence-corrected chi connectivity index (χ2v) is 4.45. The normalized spacial score (nSPS) is 15.4. The first-order chi connectivity index (χ1) is 7.91. The van der Waals surface area contributed by atoms with Crippen LogP contribution in [0, 0.1) is 0 Å². The number of nitrogens with two attached hydrogens (primary N) is 1. The third-order valence-corrected chi connectivity index (χ3v) is 2.12. The summed E-state index contributed by atoms with van der Waals surface area (Å²) in [6.45, 7) is 7.44. The van der Waals surface area contributed by atoms with Gasteiger partial charge in [0, 0.05) is 6.08 Å². The van der Waals surface area contributed by atoms with E-state index in [1.807, 2.05) is 20.8 Å².